The highest BCUT2D eigenvalue weighted by atomic mass is 19.1. The Kier molecular flexibility index (Phi) is 6.06. The zero-order valence-corrected chi connectivity index (χ0v) is 11.5. The van der Waals surface area contributed by atoms with Crippen molar-refractivity contribution >= 4 is 0 Å². The van der Waals surface area contributed by atoms with E-state index in [-0.39, 0.29) is 0 Å². The minimum atomic E-state index is -0.777. The number of nitrogens with one attached hydrogen (secondary N) is 1. The van der Waals surface area contributed by atoms with Crippen LogP contribution in [0.2, 0.25) is 0 Å². The van der Waals surface area contributed by atoms with Gasteiger partial charge in [0.15, 0.2) is 0 Å². The third kappa shape index (κ3) is 5.02. The predicted molar refractivity (Wildman–Crippen MR) is 79.8 cm³/mol. The first kappa shape index (κ1) is 14.5. The summed E-state index contributed by atoms with van der Waals surface area (Å²) in [5.41, 5.74) is 2.58. The Balaban J connectivity index is 1.63. The van der Waals surface area contributed by atoms with Crippen molar-refractivity contribution < 1.29 is 9.13 Å². The third-order valence-corrected chi connectivity index (χ3v) is 3.17. The number of ether oxygens (including phenoxy) is 1. The second-order valence-corrected chi connectivity index (χ2v) is 4.63. The zero-order chi connectivity index (χ0) is 14.0. The largest absolute Gasteiger partial charge is 0.463 e. The lowest BCUT2D eigenvalue weighted by Gasteiger charge is -2.06. The molecule has 2 aromatic carbocycles. The fourth-order valence-electron chi connectivity index (χ4n) is 2.05. The zero-order valence-electron chi connectivity index (χ0n) is 11.5. The molecule has 2 aromatic rings. The summed E-state index contributed by atoms with van der Waals surface area (Å²) >= 11 is 0. The molecule has 0 radical (unpaired) electrons. The highest BCUT2D eigenvalue weighted by Gasteiger charge is 1.96. The first-order chi connectivity index (χ1) is 9.88. The normalized spacial score (nSPS) is 10.4. The van der Waals surface area contributed by atoms with E-state index in [2.05, 4.69) is 29.6 Å². The molecule has 20 heavy (non-hydrogen) atoms. The Morgan fingerprint density at radius 1 is 0.800 bits per heavy atom. The van der Waals surface area contributed by atoms with Crippen molar-refractivity contribution in [3.63, 3.8) is 0 Å². The Labute approximate surface area is 119 Å². The van der Waals surface area contributed by atoms with Gasteiger partial charge in [0.2, 0.25) is 6.86 Å². The Morgan fingerprint density at radius 3 is 2.00 bits per heavy atom. The van der Waals surface area contributed by atoms with Crippen molar-refractivity contribution in [3.05, 3.63) is 65.7 Å². The van der Waals surface area contributed by atoms with Gasteiger partial charge in [-0.1, -0.05) is 42.5 Å². The molecule has 0 unspecified atom stereocenters. The SMILES string of the molecule is FCOc1ccc(CCNCCc2ccccc2)cc1. The van der Waals surface area contributed by atoms with E-state index in [9.17, 15) is 4.39 Å². The summed E-state index contributed by atoms with van der Waals surface area (Å²) in [5, 5.41) is 3.43. The molecule has 2 rings (SSSR count). The van der Waals surface area contributed by atoms with Gasteiger partial charge in [0, 0.05) is 0 Å². The Hall–Kier alpha value is -1.87. The van der Waals surface area contributed by atoms with E-state index in [0.717, 1.165) is 25.9 Å². The predicted octanol–water partition coefficient (Wildman–Crippen LogP) is 3.37. The minimum Gasteiger partial charge on any atom is -0.463 e. The number of hydrogen-bond acceptors (Lipinski definition) is 2. The highest BCUT2D eigenvalue weighted by molar-refractivity contribution is 5.27. The molecule has 1 N–H and O–H groups in total. The first-order valence-electron chi connectivity index (χ1n) is 6.91. The molecule has 0 fully saturated rings. The van der Waals surface area contributed by atoms with Gasteiger partial charge in [0.1, 0.15) is 5.75 Å². The van der Waals surface area contributed by atoms with Crippen LogP contribution < -0.4 is 10.1 Å². The van der Waals surface area contributed by atoms with Crippen LogP contribution in [0.25, 0.3) is 0 Å². The molecule has 0 amide bonds. The molecule has 0 heterocycles. The van der Waals surface area contributed by atoms with Gasteiger partial charge in [-0.25, -0.2) is 4.39 Å². The maximum absolute atomic E-state index is 12.0. The molecular formula is C17H20FNO. The van der Waals surface area contributed by atoms with Crippen molar-refractivity contribution in [3.8, 4) is 5.75 Å². The third-order valence-electron chi connectivity index (χ3n) is 3.17. The van der Waals surface area contributed by atoms with Crippen molar-refractivity contribution in [2.24, 2.45) is 0 Å². The lowest BCUT2D eigenvalue weighted by Crippen LogP contribution is -2.20. The minimum absolute atomic E-state index is 0.577. The van der Waals surface area contributed by atoms with Gasteiger partial charge < -0.3 is 10.1 Å². The lowest BCUT2D eigenvalue weighted by atomic mass is 10.1. The lowest BCUT2D eigenvalue weighted by molar-refractivity contribution is 0.191. The van der Waals surface area contributed by atoms with Crippen LogP contribution in [-0.4, -0.2) is 20.0 Å². The quantitative estimate of drug-likeness (QED) is 0.745. The maximum atomic E-state index is 12.0. The van der Waals surface area contributed by atoms with Crippen LogP contribution in [0.4, 0.5) is 4.39 Å². The Morgan fingerprint density at radius 2 is 1.40 bits per heavy atom. The van der Waals surface area contributed by atoms with Crippen LogP contribution in [0.15, 0.2) is 54.6 Å². The second-order valence-electron chi connectivity index (χ2n) is 4.63. The highest BCUT2D eigenvalue weighted by Crippen LogP contribution is 2.12. The maximum Gasteiger partial charge on any atom is 0.228 e. The summed E-state index contributed by atoms with van der Waals surface area (Å²) in [6.07, 6.45) is 2.01. The van der Waals surface area contributed by atoms with E-state index in [1.807, 2.05) is 18.2 Å². The van der Waals surface area contributed by atoms with E-state index < -0.39 is 6.86 Å². The molecule has 0 aliphatic rings. The number of benzene rings is 2. The summed E-state index contributed by atoms with van der Waals surface area (Å²) in [6.45, 7) is 1.14. The Bertz CT molecular complexity index is 484. The number of hydrogen-bond donors (Lipinski definition) is 1. The van der Waals surface area contributed by atoms with Crippen LogP contribution in [0, 0.1) is 0 Å². The average Bonchev–Trinajstić information content (AvgIpc) is 2.50. The van der Waals surface area contributed by atoms with Gasteiger partial charge in [-0.05, 0) is 49.2 Å². The van der Waals surface area contributed by atoms with Gasteiger partial charge in [-0.3, -0.25) is 0 Å². The summed E-state index contributed by atoms with van der Waals surface area (Å²) in [5.74, 6) is 0.577. The van der Waals surface area contributed by atoms with Crippen LogP contribution >= 0.6 is 0 Å². The number of rotatable bonds is 8. The molecule has 0 saturated heterocycles. The molecule has 0 atom stereocenters. The molecule has 3 heteroatoms. The van der Waals surface area contributed by atoms with Crippen molar-refractivity contribution in [2.45, 2.75) is 12.8 Å². The first-order valence-corrected chi connectivity index (χ1v) is 6.91. The number of alkyl halides is 1. The van der Waals surface area contributed by atoms with Crippen LogP contribution in [0.1, 0.15) is 11.1 Å². The summed E-state index contributed by atoms with van der Waals surface area (Å²) < 4.78 is 16.7. The van der Waals surface area contributed by atoms with E-state index in [4.69, 9.17) is 4.74 Å². The topological polar surface area (TPSA) is 21.3 Å². The van der Waals surface area contributed by atoms with E-state index >= 15 is 0 Å². The van der Waals surface area contributed by atoms with E-state index in [1.165, 1.54) is 11.1 Å². The molecule has 0 aliphatic carbocycles. The van der Waals surface area contributed by atoms with Gasteiger partial charge in [-0.2, -0.15) is 0 Å². The van der Waals surface area contributed by atoms with Gasteiger partial charge in [0.05, 0.1) is 0 Å². The average molecular weight is 273 g/mol. The molecule has 2 nitrogen and oxygen atoms in total. The van der Waals surface area contributed by atoms with Crippen LogP contribution in [-0.2, 0) is 12.8 Å². The van der Waals surface area contributed by atoms with Gasteiger partial charge in [-0.15, -0.1) is 0 Å². The summed E-state index contributed by atoms with van der Waals surface area (Å²) in [7, 11) is 0. The summed E-state index contributed by atoms with van der Waals surface area (Å²) in [4.78, 5) is 0. The van der Waals surface area contributed by atoms with Crippen molar-refractivity contribution in [1.82, 2.24) is 5.32 Å². The smallest absolute Gasteiger partial charge is 0.228 e. The monoisotopic (exact) mass is 273 g/mol. The fraction of sp³-hybridized carbons (Fsp3) is 0.294. The van der Waals surface area contributed by atoms with Gasteiger partial charge >= 0.3 is 0 Å². The molecule has 0 saturated carbocycles. The molecule has 0 aliphatic heterocycles. The molecular weight excluding hydrogens is 253 g/mol. The van der Waals surface area contributed by atoms with E-state index in [1.54, 1.807) is 12.1 Å². The summed E-state index contributed by atoms with van der Waals surface area (Å²) in [6, 6.07) is 18.0. The van der Waals surface area contributed by atoms with Gasteiger partial charge in [0.25, 0.3) is 0 Å². The second kappa shape index (κ2) is 8.33. The molecule has 0 bridgehead atoms. The van der Waals surface area contributed by atoms with Crippen molar-refractivity contribution in [1.29, 1.82) is 0 Å². The number of halogens is 1. The van der Waals surface area contributed by atoms with Crippen molar-refractivity contribution in [2.75, 3.05) is 20.0 Å². The van der Waals surface area contributed by atoms with Crippen LogP contribution in [0.3, 0.4) is 0 Å². The van der Waals surface area contributed by atoms with Crippen LogP contribution in [0.5, 0.6) is 5.75 Å². The standard InChI is InChI=1S/C17H20FNO/c18-14-20-17-8-6-16(7-9-17)11-13-19-12-10-15-4-2-1-3-5-15/h1-9,19H,10-14H2. The molecule has 0 aromatic heterocycles. The molecule has 0 spiro atoms. The van der Waals surface area contributed by atoms with E-state index in [0.29, 0.717) is 5.75 Å². The fourth-order valence-corrected chi connectivity index (χ4v) is 2.05. The molecule has 106 valence electrons.